The van der Waals surface area contributed by atoms with Crippen molar-refractivity contribution >= 4 is 5.96 Å². The molecule has 0 atom stereocenters. The van der Waals surface area contributed by atoms with Gasteiger partial charge in [0.1, 0.15) is 0 Å². The monoisotopic (exact) mass is 299 g/mol. The summed E-state index contributed by atoms with van der Waals surface area (Å²) in [5, 5.41) is 6.58. The second-order valence-electron chi connectivity index (χ2n) is 6.30. The van der Waals surface area contributed by atoms with Gasteiger partial charge >= 0.3 is 0 Å². The summed E-state index contributed by atoms with van der Waals surface area (Å²) >= 11 is 0. The average molecular weight is 299 g/mol. The van der Waals surface area contributed by atoms with Gasteiger partial charge in [-0.3, -0.25) is 4.99 Å². The molecule has 0 bridgehead atoms. The zero-order valence-corrected chi connectivity index (χ0v) is 14.2. The van der Waals surface area contributed by atoms with E-state index in [1.807, 2.05) is 13.8 Å². The quantitative estimate of drug-likeness (QED) is 0.410. The Balaban J connectivity index is 2.06. The van der Waals surface area contributed by atoms with Gasteiger partial charge < -0.3 is 20.1 Å². The molecule has 0 aromatic carbocycles. The molecule has 1 fully saturated rings. The Morgan fingerprint density at radius 3 is 2.52 bits per heavy atom. The van der Waals surface area contributed by atoms with Gasteiger partial charge in [0.25, 0.3) is 0 Å². The van der Waals surface area contributed by atoms with E-state index in [1.165, 1.54) is 32.1 Å². The first kappa shape index (κ1) is 18.2. The van der Waals surface area contributed by atoms with Crippen LogP contribution in [0.5, 0.6) is 0 Å². The molecule has 21 heavy (non-hydrogen) atoms. The largest absolute Gasteiger partial charge is 0.378 e. The first-order chi connectivity index (χ1) is 10.1. The molecule has 0 radical (unpaired) electrons. The lowest BCUT2D eigenvalue weighted by molar-refractivity contribution is 0.0260. The molecule has 1 saturated carbocycles. The highest BCUT2D eigenvalue weighted by Gasteiger charge is 2.16. The third kappa shape index (κ3) is 8.27. The topological polar surface area (TPSA) is 54.9 Å². The first-order valence-corrected chi connectivity index (χ1v) is 8.18. The molecule has 0 aromatic rings. The predicted octanol–water partition coefficient (Wildman–Crippen LogP) is 2.32. The first-order valence-electron chi connectivity index (χ1n) is 8.18. The van der Waals surface area contributed by atoms with E-state index in [0.717, 1.165) is 32.1 Å². The zero-order chi connectivity index (χ0) is 15.6. The molecular formula is C16H33N3O2. The summed E-state index contributed by atoms with van der Waals surface area (Å²) in [5.41, 5.74) is -0.193. The number of methoxy groups -OCH3 is 1. The van der Waals surface area contributed by atoms with E-state index in [2.05, 4.69) is 15.6 Å². The number of nitrogens with zero attached hydrogens (tertiary/aromatic N) is 1. The maximum Gasteiger partial charge on any atom is 0.191 e. The summed E-state index contributed by atoms with van der Waals surface area (Å²) in [6.45, 7) is 6.52. The van der Waals surface area contributed by atoms with Crippen LogP contribution in [0.25, 0.3) is 0 Å². The summed E-state index contributed by atoms with van der Waals surface area (Å²) in [5.74, 6) is 0.817. The van der Waals surface area contributed by atoms with Crippen molar-refractivity contribution in [3.05, 3.63) is 0 Å². The van der Waals surface area contributed by atoms with Crippen molar-refractivity contribution in [3.8, 4) is 0 Å². The second-order valence-corrected chi connectivity index (χ2v) is 6.30. The molecule has 0 aromatic heterocycles. The SMILES string of the molecule is CN=C(NCCCOC1CCCCC1)NCC(C)(C)OC. The summed E-state index contributed by atoms with van der Waals surface area (Å²) in [6.07, 6.45) is 8.01. The van der Waals surface area contributed by atoms with E-state index in [1.54, 1.807) is 14.2 Å². The minimum Gasteiger partial charge on any atom is -0.378 e. The highest BCUT2D eigenvalue weighted by molar-refractivity contribution is 5.79. The number of ether oxygens (including phenoxy) is 2. The van der Waals surface area contributed by atoms with Crippen molar-refractivity contribution in [3.63, 3.8) is 0 Å². The van der Waals surface area contributed by atoms with E-state index in [-0.39, 0.29) is 5.60 Å². The summed E-state index contributed by atoms with van der Waals surface area (Å²) in [7, 11) is 3.51. The van der Waals surface area contributed by atoms with Crippen LogP contribution in [0.2, 0.25) is 0 Å². The normalized spacial score (nSPS) is 17.8. The molecule has 1 aliphatic rings. The minimum absolute atomic E-state index is 0.193. The van der Waals surface area contributed by atoms with Crippen molar-refractivity contribution < 1.29 is 9.47 Å². The molecule has 124 valence electrons. The molecule has 0 heterocycles. The third-order valence-electron chi connectivity index (χ3n) is 3.98. The van der Waals surface area contributed by atoms with E-state index in [9.17, 15) is 0 Å². The number of hydrogen-bond acceptors (Lipinski definition) is 3. The van der Waals surface area contributed by atoms with Gasteiger partial charge in [0.2, 0.25) is 0 Å². The Kier molecular flexibility index (Phi) is 8.69. The van der Waals surface area contributed by atoms with Crippen molar-refractivity contribution in [2.24, 2.45) is 4.99 Å². The molecule has 0 amide bonds. The molecule has 2 N–H and O–H groups in total. The van der Waals surface area contributed by atoms with Gasteiger partial charge in [0.05, 0.1) is 11.7 Å². The summed E-state index contributed by atoms with van der Waals surface area (Å²) in [6, 6.07) is 0. The summed E-state index contributed by atoms with van der Waals surface area (Å²) < 4.78 is 11.3. The Labute approximate surface area is 129 Å². The van der Waals surface area contributed by atoms with E-state index in [4.69, 9.17) is 9.47 Å². The van der Waals surface area contributed by atoms with Gasteiger partial charge in [0, 0.05) is 33.9 Å². The van der Waals surface area contributed by atoms with Gasteiger partial charge in [-0.15, -0.1) is 0 Å². The molecule has 5 heteroatoms. The van der Waals surface area contributed by atoms with Gasteiger partial charge in [-0.1, -0.05) is 19.3 Å². The molecule has 1 aliphatic carbocycles. The highest BCUT2D eigenvalue weighted by Crippen LogP contribution is 2.20. The Morgan fingerprint density at radius 1 is 1.19 bits per heavy atom. The van der Waals surface area contributed by atoms with Crippen LogP contribution in [-0.4, -0.2) is 51.5 Å². The smallest absolute Gasteiger partial charge is 0.191 e. The molecule has 1 rings (SSSR count). The van der Waals surface area contributed by atoms with Crippen LogP contribution < -0.4 is 10.6 Å². The van der Waals surface area contributed by atoms with E-state index >= 15 is 0 Å². The van der Waals surface area contributed by atoms with E-state index in [0.29, 0.717) is 6.10 Å². The maximum absolute atomic E-state index is 5.91. The van der Waals surface area contributed by atoms with Crippen molar-refractivity contribution in [1.29, 1.82) is 0 Å². The van der Waals surface area contributed by atoms with Crippen LogP contribution in [0.15, 0.2) is 4.99 Å². The van der Waals surface area contributed by atoms with Gasteiger partial charge in [-0.2, -0.15) is 0 Å². The lowest BCUT2D eigenvalue weighted by Gasteiger charge is -2.24. The maximum atomic E-state index is 5.91. The molecule has 0 aliphatic heterocycles. The summed E-state index contributed by atoms with van der Waals surface area (Å²) in [4.78, 5) is 4.21. The van der Waals surface area contributed by atoms with Crippen LogP contribution in [0.3, 0.4) is 0 Å². The Morgan fingerprint density at radius 2 is 1.90 bits per heavy atom. The van der Waals surface area contributed by atoms with Crippen molar-refractivity contribution in [1.82, 2.24) is 10.6 Å². The molecule has 0 unspecified atom stereocenters. The number of hydrogen-bond donors (Lipinski definition) is 2. The Hall–Kier alpha value is -0.810. The number of rotatable bonds is 8. The molecule has 5 nitrogen and oxygen atoms in total. The molecule has 0 saturated heterocycles. The van der Waals surface area contributed by atoms with Crippen molar-refractivity contribution in [2.75, 3.05) is 33.9 Å². The fourth-order valence-corrected chi connectivity index (χ4v) is 2.35. The number of guanidine groups is 1. The standard InChI is InChI=1S/C16H33N3O2/c1-16(2,20-4)13-19-15(17-3)18-11-8-12-21-14-9-6-5-7-10-14/h14H,5-13H2,1-4H3,(H2,17,18,19). The number of nitrogens with one attached hydrogen (secondary N) is 2. The zero-order valence-electron chi connectivity index (χ0n) is 14.2. The van der Waals surface area contributed by atoms with Crippen LogP contribution in [-0.2, 0) is 9.47 Å². The lowest BCUT2D eigenvalue weighted by atomic mass is 9.98. The van der Waals surface area contributed by atoms with Crippen LogP contribution in [0, 0.1) is 0 Å². The third-order valence-corrected chi connectivity index (χ3v) is 3.98. The minimum atomic E-state index is -0.193. The average Bonchev–Trinajstić information content (AvgIpc) is 2.51. The van der Waals surface area contributed by atoms with Crippen LogP contribution >= 0.6 is 0 Å². The fraction of sp³-hybridized carbons (Fsp3) is 0.938. The van der Waals surface area contributed by atoms with Gasteiger partial charge in [0.15, 0.2) is 5.96 Å². The van der Waals surface area contributed by atoms with E-state index < -0.39 is 0 Å². The van der Waals surface area contributed by atoms with Crippen molar-refractivity contribution in [2.45, 2.75) is 64.1 Å². The van der Waals surface area contributed by atoms with Crippen LogP contribution in [0.4, 0.5) is 0 Å². The highest BCUT2D eigenvalue weighted by atomic mass is 16.5. The lowest BCUT2D eigenvalue weighted by Crippen LogP contribution is -2.45. The van der Waals surface area contributed by atoms with Crippen LogP contribution in [0.1, 0.15) is 52.4 Å². The number of aliphatic imine (C=N–C) groups is 1. The molecular weight excluding hydrogens is 266 g/mol. The van der Waals surface area contributed by atoms with Gasteiger partial charge in [-0.05, 0) is 33.1 Å². The second kappa shape index (κ2) is 10.0. The fourth-order valence-electron chi connectivity index (χ4n) is 2.35. The van der Waals surface area contributed by atoms with Gasteiger partial charge in [-0.25, -0.2) is 0 Å². The molecule has 0 spiro atoms. The Bertz CT molecular complexity index is 300. The predicted molar refractivity (Wildman–Crippen MR) is 87.9 cm³/mol.